The average Bonchev–Trinajstić information content (AvgIpc) is 3.00. The zero-order valence-electron chi connectivity index (χ0n) is 11.5. The molecule has 0 spiro atoms. The molecule has 1 N–H and O–H groups in total. The average molecular weight is 372 g/mol. The highest BCUT2D eigenvalue weighted by molar-refractivity contribution is 8.16. The molecule has 1 unspecified atom stereocenters. The van der Waals surface area contributed by atoms with E-state index in [1.165, 1.54) is 28.0 Å². The molecule has 114 valence electrons. The van der Waals surface area contributed by atoms with Crippen molar-refractivity contribution in [1.82, 2.24) is 4.98 Å². The number of carbonyl (C=O) groups is 1. The van der Waals surface area contributed by atoms with E-state index in [0.717, 1.165) is 10.4 Å². The number of anilines is 1. The van der Waals surface area contributed by atoms with Gasteiger partial charge < -0.3 is 0 Å². The number of amides is 1. The van der Waals surface area contributed by atoms with Gasteiger partial charge in [-0.05, 0) is 24.6 Å². The molecular formula is C14H11Cl2N3OS2. The van der Waals surface area contributed by atoms with Crippen LogP contribution in [0, 0.1) is 5.41 Å². The number of halogens is 2. The maximum atomic E-state index is 12.1. The molecule has 1 amide bonds. The van der Waals surface area contributed by atoms with Crippen molar-refractivity contribution in [3.8, 4) is 0 Å². The van der Waals surface area contributed by atoms with Gasteiger partial charge in [-0.2, -0.15) is 0 Å². The highest BCUT2D eigenvalue weighted by Crippen LogP contribution is 2.34. The predicted molar refractivity (Wildman–Crippen MR) is 93.6 cm³/mol. The lowest BCUT2D eigenvalue weighted by atomic mass is 10.1. The van der Waals surface area contributed by atoms with Crippen molar-refractivity contribution in [2.75, 3.05) is 4.90 Å². The molecule has 22 heavy (non-hydrogen) atoms. The van der Waals surface area contributed by atoms with Crippen molar-refractivity contribution in [1.29, 1.82) is 5.41 Å². The van der Waals surface area contributed by atoms with E-state index in [4.69, 9.17) is 28.6 Å². The summed E-state index contributed by atoms with van der Waals surface area (Å²) in [6.07, 6.45) is 2.39. The highest BCUT2D eigenvalue weighted by Gasteiger charge is 2.36. The van der Waals surface area contributed by atoms with Gasteiger partial charge in [-0.3, -0.25) is 10.2 Å². The summed E-state index contributed by atoms with van der Waals surface area (Å²) in [5.74, 6) is -0.0922. The van der Waals surface area contributed by atoms with E-state index < -0.39 is 0 Å². The number of hydrogen-bond donors (Lipinski definition) is 1. The summed E-state index contributed by atoms with van der Waals surface area (Å²) >= 11 is 14.6. The normalized spacial score (nSPS) is 18.3. The number of carbonyl (C=O) groups excluding carboxylic acids is 1. The minimum Gasteiger partial charge on any atom is -0.278 e. The van der Waals surface area contributed by atoms with Crippen molar-refractivity contribution in [3.05, 3.63) is 44.9 Å². The van der Waals surface area contributed by atoms with Crippen LogP contribution in [0.5, 0.6) is 0 Å². The minimum absolute atomic E-state index is 0.0922. The Labute approximate surface area is 146 Å². The third kappa shape index (κ3) is 3.01. The van der Waals surface area contributed by atoms with Crippen molar-refractivity contribution < 1.29 is 4.79 Å². The fourth-order valence-electron chi connectivity index (χ4n) is 2.07. The maximum Gasteiger partial charge on any atom is 0.248 e. The summed E-state index contributed by atoms with van der Waals surface area (Å²) in [5, 5.41) is 9.48. The van der Waals surface area contributed by atoms with Crippen LogP contribution in [-0.2, 0) is 11.2 Å². The molecule has 1 fully saturated rings. The molecule has 0 saturated carbocycles. The van der Waals surface area contributed by atoms with Crippen molar-refractivity contribution in [2.24, 2.45) is 0 Å². The lowest BCUT2D eigenvalue weighted by molar-refractivity contribution is -0.116. The highest BCUT2D eigenvalue weighted by atomic mass is 35.5. The van der Waals surface area contributed by atoms with Crippen LogP contribution in [-0.4, -0.2) is 21.3 Å². The van der Waals surface area contributed by atoms with E-state index >= 15 is 0 Å². The molecular weight excluding hydrogens is 361 g/mol. The SMILES string of the molecule is CC1SC(=N)N(c2ncc(Cc3ccc(Cl)c(Cl)c3)s2)C1=O. The summed E-state index contributed by atoms with van der Waals surface area (Å²) in [7, 11) is 0. The Bertz CT molecular complexity index is 762. The van der Waals surface area contributed by atoms with E-state index in [1.54, 1.807) is 19.2 Å². The number of thiazole rings is 1. The van der Waals surface area contributed by atoms with Gasteiger partial charge in [-0.25, -0.2) is 9.88 Å². The number of hydrogen-bond acceptors (Lipinski definition) is 5. The molecule has 4 nitrogen and oxygen atoms in total. The lowest BCUT2D eigenvalue weighted by Gasteiger charge is -2.10. The molecule has 8 heteroatoms. The first kappa shape index (κ1) is 15.8. The van der Waals surface area contributed by atoms with Gasteiger partial charge in [0.05, 0.1) is 15.3 Å². The Kier molecular flexibility index (Phi) is 4.45. The molecule has 2 aromatic rings. The smallest absolute Gasteiger partial charge is 0.248 e. The fraction of sp³-hybridized carbons (Fsp3) is 0.214. The monoisotopic (exact) mass is 371 g/mol. The first-order valence-electron chi connectivity index (χ1n) is 6.43. The Morgan fingerprint density at radius 3 is 2.77 bits per heavy atom. The molecule has 1 aromatic heterocycles. The van der Waals surface area contributed by atoms with E-state index in [0.29, 0.717) is 21.6 Å². The quantitative estimate of drug-likeness (QED) is 0.866. The summed E-state index contributed by atoms with van der Waals surface area (Å²) in [5.41, 5.74) is 1.02. The maximum absolute atomic E-state index is 12.1. The van der Waals surface area contributed by atoms with Crippen LogP contribution in [0.4, 0.5) is 5.13 Å². The van der Waals surface area contributed by atoms with Gasteiger partial charge in [-0.15, -0.1) is 11.3 Å². The number of nitrogens with zero attached hydrogens (tertiary/aromatic N) is 2. The van der Waals surface area contributed by atoms with Gasteiger partial charge in [0.1, 0.15) is 0 Å². The molecule has 1 aliphatic rings. The van der Waals surface area contributed by atoms with Crippen molar-refractivity contribution in [2.45, 2.75) is 18.6 Å². The summed E-state index contributed by atoms with van der Waals surface area (Å²) in [6, 6.07) is 5.50. The Morgan fingerprint density at radius 1 is 1.36 bits per heavy atom. The Balaban J connectivity index is 1.80. The van der Waals surface area contributed by atoms with Gasteiger partial charge in [-0.1, -0.05) is 41.0 Å². The van der Waals surface area contributed by atoms with Crippen LogP contribution in [0.2, 0.25) is 10.0 Å². The van der Waals surface area contributed by atoms with E-state index in [-0.39, 0.29) is 16.3 Å². The first-order valence-corrected chi connectivity index (χ1v) is 8.88. The van der Waals surface area contributed by atoms with Crippen LogP contribution in [0.15, 0.2) is 24.4 Å². The predicted octanol–water partition coefficient (Wildman–Crippen LogP) is 4.44. The standard InChI is InChI=1S/C14H11Cl2N3OS2/c1-7-12(20)19(13(17)21-7)14-18-6-9(22-14)4-8-2-3-10(15)11(16)5-8/h2-3,5-7,17H,4H2,1H3. The second kappa shape index (κ2) is 6.20. The number of benzene rings is 1. The topological polar surface area (TPSA) is 57.1 Å². The van der Waals surface area contributed by atoms with Gasteiger partial charge in [0.25, 0.3) is 0 Å². The third-order valence-corrected chi connectivity index (χ3v) is 5.84. The first-order chi connectivity index (χ1) is 10.5. The molecule has 1 saturated heterocycles. The van der Waals surface area contributed by atoms with Crippen LogP contribution in [0.1, 0.15) is 17.4 Å². The molecule has 0 aliphatic carbocycles. The fourth-order valence-corrected chi connectivity index (χ4v) is 4.22. The van der Waals surface area contributed by atoms with Gasteiger partial charge >= 0.3 is 0 Å². The Hall–Kier alpha value is -1.08. The molecule has 1 atom stereocenters. The summed E-state index contributed by atoms with van der Waals surface area (Å²) in [4.78, 5) is 18.7. The second-order valence-electron chi connectivity index (χ2n) is 4.77. The van der Waals surface area contributed by atoms with Gasteiger partial charge in [0.2, 0.25) is 5.91 Å². The van der Waals surface area contributed by atoms with Crippen LogP contribution in [0.25, 0.3) is 0 Å². The van der Waals surface area contributed by atoms with Crippen LogP contribution < -0.4 is 4.90 Å². The number of amidine groups is 1. The van der Waals surface area contributed by atoms with Crippen LogP contribution in [0.3, 0.4) is 0 Å². The van der Waals surface area contributed by atoms with Crippen molar-refractivity contribution >= 4 is 62.5 Å². The molecule has 0 bridgehead atoms. The van der Waals surface area contributed by atoms with E-state index in [1.807, 2.05) is 12.1 Å². The Morgan fingerprint density at radius 2 is 2.14 bits per heavy atom. The van der Waals surface area contributed by atoms with Gasteiger partial charge in [0.15, 0.2) is 10.3 Å². The lowest BCUT2D eigenvalue weighted by Crippen LogP contribution is -2.30. The summed E-state index contributed by atoms with van der Waals surface area (Å²) in [6.45, 7) is 1.80. The molecule has 3 rings (SSSR count). The molecule has 1 aromatic carbocycles. The van der Waals surface area contributed by atoms with Crippen molar-refractivity contribution in [3.63, 3.8) is 0 Å². The number of rotatable bonds is 3. The second-order valence-corrected chi connectivity index (χ2v) is 8.01. The molecule has 1 aliphatic heterocycles. The van der Waals surface area contributed by atoms with E-state index in [2.05, 4.69) is 4.98 Å². The largest absolute Gasteiger partial charge is 0.278 e. The zero-order valence-corrected chi connectivity index (χ0v) is 14.6. The van der Waals surface area contributed by atoms with Crippen LogP contribution >= 0.6 is 46.3 Å². The molecule has 0 radical (unpaired) electrons. The number of nitrogens with one attached hydrogen (secondary N) is 1. The summed E-state index contributed by atoms with van der Waals surface area (Å²) < 4.78 is 0. The third-order valence-electron chi connectivity index (χ3n) is 3.15. The molecule has 2 heterocycles. The van der Waals surface area contributed by atoms with Gasteiger partial charge in [0, 0.05) is 17.5 Å². The number of aromatic nitrogens is 1. The number of thioether (sulfide) groups is 1. The zero-order chi connectivity index (χ0) is 15.9. The van der Waals surface area contributed by atoms with E-state index in [9.17, 15) is 4.79 Å². The minimum atomic E-state index is -0.227.